The number of carbonyl (C=O) groups excluding carboxylic acids is 2. The SMILES string of the molecule is CC(c1c[nH]c2ccccc12)C(NC(=O)N1CCN(c2ccccc2Cl)CC1)C(=O)Nc1cccc(CN(C)C)c1. The lowest BCUT2D eigenvalue weighted by molar-refractivity contribution is -0.118. The lowest BCUT2D eigenvalue weighted by Crippen LogP contribution is -2.56. The first-order valence-electron chi connectivity index (χ1n) is 14.0. The standard InChI is InChI=1S/C32H37ClN6O2/c1-22(26-20-34-28-13-6-4-11-25(26)28)30(31(40)35-24-10-8-9-23(19-24)21-37(2)3)36-32(41)39-17-15-38(16-18-39)29-14-7-5-12-27(29)33/h4-14,19-20,22,30,34H,15-18,21H2,1-3H3,(H,35,40)(H,36,41). The topological polar surface area (TPSA) is 83.7 Å². The van der Waals surface area contributed by atoms with E-state index in [2.05, 4.69) is 25.4 Å². The van der Waals surface area contributed by atoms with Gasteiger partial charge >= 0.3 is 6.03 Å². The number of hydrogen-bond donors (Lipinski definition) is 3. The van der Waals surface area contributed by atoms with Gasteiger partial charge < -0.3 is 30.3 Å². The molecule has 1 aliphatic rings. The Morgan fingerprint density at radius 3 is 2.46 bits per heavy atom. The molecule has 4 aromatic rings. The highest BCUT2D eigenvalue weighted by molar-refractivity contribution is 6.33. The third-order valence-electron chi connectivity index (χ3n) is 7.63. The molecule has 0 radical (unpaired) electrons. The summed E-state index contributed by atoms with van der Waals surface area (Å²) in [6.45, 7) is 5.11. The summed E-state index contributed by atoms with van der Waals surface area (Å²) < 4.78 is 0. The summed E-state index contributed by atoms with van der Waals surface area (Å²) in [6.07, 6.45) is 1.93. The number of piperazine rings is 1. The van der Waals surface area contributed by atoms with Gasteiger partial charge in [-0.1, -0.05) is 61.0 Å². The van der Waals surface area contributed by atoms with E-state index in [0.29, 0.717) is 36.9 Å². The second kappa shape index (κ2) is 12.7. The molecule has 2 heterocycles. The van der Waals surface area contributed by atoms with Gasteiger partial charge in [-0.3, -0.25) is 4.79 Å². The van der Waals surface area contributed by atoms with Crippen molar-refractivity contribution in [1.29, 1.82) is 0 Å². The van der Waals surface area contributed by atoms with Crippen LogP contribution in [-0.2, 0) is 11.3 Å². The first-order valence-corrected chi connectivity index (χ1v) is 14.3. The first-order chi connectivity index (χ1) is 19.8. The van der Waals surface area contributed by atoms with Gasteiger partial charge in [-0.05, 0) is 55.6 Å². The third-order valence-corrected chi connectivity index (χ3v) is 7.95. The number of benzene rings is 3. The van der Waals surface area contributed by atoms with Crippen molar-refractivity contribution in [2.75, 3.05) is 50.5 Å². The van der Waals surface area contributed by atoms with Gasteiger partial charge in [0.15, 0.2) is 0 Å². The van der Waals surface area contributed by atoms with Gasteiger partial charge in [0.1, 0.15) is 6.04 Å². The number of H-pyrrole nitrogens is 1. The highest BCUT2D eigenvalue weighted by Gasteiger charge is 2.32. The van der Waals surface area contributed by atoms with Gasteiger partial charge in [0, 0.05) is 61.4 Å². The van der Waals surface area contributed by atoms with Gasteiger partial charge in [0.05, 0.1) is 10.7 Å². The fourth-order valence-electron chi connectivity index (χ4n) is 5.48. The van der Waals surface area contributed by atoms with E-state index in [1.165, 1.54) is 0 Å². The maximum atomic E-state index is 13.8. The van der Waals surface area contributed by atoms with E-state index >= 15 is 0 Å². The van der Waals surface area contributed by atoms with E-state index in [1.54, 1.807) is 4.90 Å². The predicted molar refractivity (Wildman–Crippen MR) is 167 cm³/mol. The number of rotatable bonds is 8. The summed E-state index contributed by atoms with van der Waals surface area (Å²) in [4.78, 5) is 36.7. The minimum atomic E-state index is -0.791. The summed E-state index contributed by atoms with van der Waals surface area (Å²) in [7, 11) is 4.02. The van der Waals surface area contributed by atoms with E-state index in [1.807, 2.05) is 100 Å². The van der Waals surface area contributed by atoms with Gasteiger partial charge in [0.2, 0.25) is 5.91 Å². The van der Waals surface area contributed by atoms with Crippen molar-refractivity contribution in [3.05, 3.63) is 95.1 Å². The van der Waals surface area contributed by atoms with E-state index in [0.717, 1.165) is 34.3 Å². The molecule has 0 bridgehead atoms. The Hall–Kier alpha value is -4.01. The molecular formula is C32H37ClN6O2. The van der Waals surface area contributed by atoms with Crippen LogP contribution >= 0.6 is 11.6 Å². The fourth-order valence-corrected chi connectivity index (χ4v) is 5.74. The zero-order valence-electron chi connectivity index (χ0n) is 23.7. The highest BCUT2D eigenvalue weighted by Crippen LogP contribution is 2.29. The minimum Gasteiger partial charge on any atom is -0.367 e. The monoisotopic (exact) mass is 572 g/mol. The summed E-state index contributed by atoms with van der Waals surface area (Å²) in [6, 6.07) is 22.5. The molecule has 0 spiro atoms. The second-order valence-electron chi connectivity index (χ2n) is 10.9. The average molecular weight is 573 g/mol. The average Bonchev–Trinajstić information content (AvgIpc) is 3.40. The zero-order valence-corrected chi connectivity index (χ0v) is 24.5. The van der Waals surface area contributed by atoms with E-state index < -0.39 is 6.04 Å². The number of fused-ring (bicyclic) bond motifs is 1. The van der Waals surface area contributed by atoms with Crippen LogP contribution in [0.4, 0.5) is 16.2 Å². The van der Waals surface area contributed by atoms with Crippen LogP contribution in [0.2, 0.25) is 5.02 Å². The van der Waals surface area contributed by atoms with Gasteiger partial charge in [0.25, 0.3) is 0 Å². The van der Waals surface area contributed by atoms with Crippen molar-refractivity contribution in [2.45, 2.75) is 25.4 Å². The zero-order chi connectivity index (χ0) is 28.9. The molecule has 1 aromatic heterocycles. The number of nitrogens with one attached hydrogen (secondary N) is 3. The van der Waals surface area contributed by atoms with E-state index in [9.17, 15) is 9.59 Å². The lowest BCUT2D eigenvalue weighted by atomic mass is 9.92. The molecule has 9 heteroatoms. The van der Waals surface area contributed by atoms with Crippen LogP contribution in [0, 0.1) is 0 Å². The molecule has 3 amide bonds. The number of halogens is 1. The van der Waals surface area contributed by atoms with Crippen LogP contribution in [-0.4, -0.2) is 73.0 Å². The van der Waals surface area contributed by atoms with Crippen LogP contribution in [0.1, 0.15) is 24.0 Å². The summed E-state index contributed by atoms with van der Waals surface area (Å²) >= 11 is 6.40. The molecule has 1 aliphatic heterocycles. The maximum absolute atomic E-state index is 13.8. The lowest BCUT2D eigenvalue weighted by Gasteiger charge is -2.37. The quantitative estimate of drug-likeness (QED) is 0.259. The number of anilines is 2. The Labute approximate surface area is 246 Å². The Kier molecular flexibility index (Phi) is 8.81. The number of aromatic amines is 1. The number of hydrogen-bond acceptors (Lipinski definition) is 4. The Bertz CT molecular complexity index is 1510. The Morgan fingerprint density at radius 2 is 1.71 bits per heavy atom. The molecule has 2 unspecified atom stereocenters. The minimum absolute atomic E-state index is 0.253. The van der Waals surface area contributed by atoms with E-state index in [-0.39, 0.29) is 17.9 Å². The molecule has 214 valence electrons. The van der Waals surface area contributed by atoms with Crippen LogP contribution in [0.25, 0.3) is 10.9 Å². The molecular weight excluding hydrogens is 536 g/mol. The number of para-hydroxylation sites is 2. The molecule has 3 aromatic carbocycles. The van der Waals surface area contributed by atoms with Gasteiger partial charge in [-0.2, -0.15) is 0 Å². The number of amides is 3. The van der Waals surface area contributed by atoms with Crippen molar-refractivity contribution >= 4 is 45.8 Å². The first kappa shape index (κ1) is 28.5. The van der Waals surface area contributed by atoms with Crippen molar-refractivity contribution in [3.8, 4) is 0 Å². The van der Waals surface area contributed by atoms with Crippen LogP contribution in [0.5, 0.6) is 0 Å². The molecule has 1 fully saturated rings. The van der Waals surface area contributed by atoms with Crippen LogP contribution in [0.15, 0.2) is 79.0 Å². The summed E-state index contributed by atoms with van der Waals surface area (Å²) in [5, 5.41) is 7.88. The largest absolute Gasteiger partial charge is 0.367 e. The van der Waals surface area contributed by atoms with Gasteiger partial charge in [-0.15, -0.1) is 0 Å². The number of carbonyl (C=O) groups is 2. The van der Waals surface area contributed by atoms with Gasteiger partial charge in [-0.25, -0.2) is 4.79 Å². The normalized spacial score (nSPS) is 15.1. The maximum Gasteiger partial charge on any atom is 0.318 e. The Morgan fingerprint density at radius 1 is 0.976 bits per heavy atom. The number of aromatic nitrogens is 1. The van der Waals surface area contributed by atoms with E-state index in [4.69, 9.17) is 11.6 Å². The molecule has 41 heavy (non-hydrogen) atoms. The van der Waals surface area contributed by atoms with Crippen LogP contribution < -0.4 is 15.5 Å². The van der Waals surface area contributed by atoms with Crippen molar-refractivity contribution in [3.63, 3.8) is 0 Å². The molecule has 3 N–H and O–H groups in total. The number of urea groups is 1. The number of nitrogens with zero attached hydrogens (tertiary/aromatic N) is 3. The molecule has 1 saturated heterocycles. The molecule has 0 saturated carbocycles. The third kappa shape index (κ3) is 6.66. The van der Waals surface area contributed by atoms with Crippen molar-refractivity contribution in [1.82, 2.24) is 20.1 Å². The molecule has 5 rings (SSSR count). The predicted octanol–water partition coefficient (Wildman–Crippen LogP) is 5.53. The summed E-state index contributed by atoms with van der Waals surface area (Å²) in [5.41, 5.74) is 4.73. The Balaban J connectivity index is 1.34. The second-order valence-corrected chi connectivity index (χ2v) is 11.3. The molecule has 2 atom stereocenters. The van der Waals surface area contributed by atoms with Crippen LogP contribution in [0.3, 0.4) is 0 Å². The van der Waals surface area contributed by atoms with Crippen molar-refractivity contribution < 1.29 is 9.59 Å². The van der Waals surface area contributed by atoms with Crippen molar-refractivity contribution in [2.24, 2.45) is 0 Å². The molecule has 0 aliphatic carbocycles. The highest BCUT2D eigenvalue weighted by atomic mass is 35.5. The molecule has 8 nitrogen and oxygen atoms in total. The smallest absolute Gasteiger partial charge is 0.318 e. The summed E-state index contributed by atoms with van der Waals surface area (Å²) in [5.74, 6) is -0.544. The fraction of sp³-hybridized carbons (Fsp3) is 0.312.